The first-order chi connectivity index (χ1) is 17.5. The zero-order valence-corrected chi connectivity index (χ0v) is 23.6. The summed E-state index contributed by atoms with van der Waals surface area (Å²) in [5.74, 6) is 1.83. The Morgan fingerprint density at radius 2 is 1.78 bits per heavy atom. The Hall–Kier alpha value is -1.40. The molecule has 6 rings (SSSR count). The molecule has 0 bridgehead atoms. The first kappa shape index (κ1) is 25.9. The molecular weight excluding hydrogens is 468 g/mol. The van der Waals surface area contributed by atoms with E-state index in [1.165, 1.54) is 12.5 Å². The zero-order chi connectivity index (χ0) is 26.3. The van der Waals surface area contributed by atoms with Gasteiger partial charge in [-0.1, -0.05) is 39.3 Å². The van der Waals surface area contributed by atoms with Crippen molar-refractivity contribution >= 4 is 11.9 Å². The lowest BCUT2D eigenvalue weighted by molar-refractivity contribution is -0.273. The third-order valence-corrected chi connectivity index (χ3v) is 11.9. The van der Waals surface area contributed by atoms with Gasteiger partial charge in [-0.15, -0.1) is 0 Å². The average Bonchev–Trinajstić information content (AvgIpc) is 3.25. The maximum atomic E-state index is 12.4. The molecule has 3 unspecified atom stereocenters. The molecule has 37 heavy (non-hydrogen) atoms. The lowest BCUT2D eigenvalue weighted by atomic mass is 9.46. The van der Waals surface area contributed by atoms with Crippen molar-refractivity contribution in [3.05, 3.63) is 11.6 Å². The Labute approximate surface area is 222 Å². The van der Waals surface area contributed by atoms with Gasteiger partial charge in [-0.3, -0.25) is 9.59 Å². The van der Waals surface area contributed by atoms with Crippen LogP contribution in [0, 0.1) is 46.3 Å². The molecule has 6 heteroatoms. The highest BCUT2D eigenvalue weighted by Gasteiger charge is 2.70. The number of carbonyl (C=O) groups excluding carboxylic acids is 2. The van der Waals surface area contributed by atoms with Crippen molar-refractivity contribution < 1.29 is 28.5 Å². The van der Waals surface area contributed by atoms with Crippen LogP contribution in [0.4, 0.5) is 0 Å². The molecule has 206 valence electrons. The molecule has 0 radical (unpaired) electrons. The van der Waals surface area contributed by atoms with Gasteiger partial charge in [0.25, 0.3) is 0 Å². The van der Waals surface area contributed by atoms with Crippen molar-refractivity contribution in [3.63, 3.8) is 0 Å². The van der Waals surface area contributed by atoms with Gasteiger partial charge in [0.15, 0.2) is 5.79 Å². The minimum atomic E-state index is -0.440. The van der Waals surface area contributed by atoms with Crippen molar-refractivity contribution in [1.82, 2.24) is 0 Å². The fourth-order valence-electron chi connectivity index (χ4n) is 10.4. The number of esters is 2. The lowest BCUT2D eigenvalue weighted by Gasteiger charge is -2.60. The van der Waals surface area contributed by atoms with E-state index in [0.717, 1.165) is 58.0 Å². The second kappa shape index (κ2) is 8.81. The minimum absolute atomic E-state index is 0.0327. The topological polar surface area (TPSA) is 71.1 Å². The largest absolute Gasteiger partial charge is 0.462 e. The fourth-order valence-corrected chi connectivity index (χ4v) is 10.4. The van der Waals surface area contributed by atoms with Gasteiger partial charge in [0.1, 0.15) is 12.2 Å². The van der Waals surface area contributed by atoms with E-state index in [1.807, 2.05) is 0 Å². The summed E-state index contributed by atoms with van der Waals surface area (Å²) in [4.78, 5) is 24.1. The number of carbonyl (C=O) groups is 2. The Morgan fingerprint density at radius 3 is 2.46 bits per heavy atom. The van der Waals surface area contributed by atoms with Crippen LogP contribution in [0.3, 0.4) is 0 Å². The van der Waals surface area contributed by atoms with Crippen LogP contribution in [0.15, 0.2) is 11.6 Å². The molecule has 2 saturated heterocycles. The highest BCUT2D eigenvalue weighted by molar-refractivity contribution is 5.66. The van der Waals surface area contributed by atoms with E-state index in [-0.39, 0.29) is 41.1 Å². The summed E-state index contributed by atoms with van der Waals surface area (Å²) < 4.78 is 25.3. The highest BCUT2D eigenvalue weighted by atomic mass is 16.7. The van der Waals surface area contributed by atoms with Crippen LogP contribution in [0.25, 0.3) is 0 Å². The van der Waals surface area contributed by atoms with Crippen molar-refractivity contribution in [1.29, 1.82) is 0 Å². The second-order valence-electron chi connectivity index (χ2n) is 14.0. The van der Waals surface area contributed by atoms with Crippen LogP contribution in [0.1, 0.15) is 92.9 Å². The zero-order valence-electron chi connectivity index (χ0n) is 23.6. The monoisotopic (exact) mass is 514 g/mol. The Morgan fingerprint density at radius 1 is 1.03 bits per heavy atom. The number of fused-ring (bicyclic) bond motifs is 7. The summed E-state index contributed by atoms with van der Waals surface area (Å²) >= 11 is 0. The van der Waals surface area contributed by atoms with Crippen molar-refractivity contribution in [2.45, 2.75) is 117 Å². The summed E-state index contributed by atoms with van der Waals surface area (Å²) in [6, 6.07) is 0. The van der Waals surface area contributed by atoms with Crippen LogP contribution >= 0.6 is 0 Å². The van der Waals surface area contributed by atoms with E-state index >= 15 is 0 Å². The van der Waals surface area contributed by atoms with E-state index < -0.39 is 5.79 Å². The van der Waals surface area contributed by atoms with Gasteiger partial charge in [-0.05, 0) is 73.0 Å². The van der Waals surface area contributed by atoms with Crippen molar-refractivity contribution in [2.75, 3.05) is 6.61 Å². The second-order valence-corrected chi connectivity index (χ2v) is 14.0. The standard InChI is InChI=1S/C31H46O6/c1-17-9-12-31(34-16-17)18(2)27-25(37-31)14-24-23-8-7-21-13-22(35-19(3)32)10-11-29(21,5)28(23)26(36-20(4)33)15-30(24,27)6/h7,17-18,22-28H,8-16H2,1-6H3/t17?,18-,22?,23-,24-,25-,26?,27-,28+,29-,30-,31+/m0/s1. The number of hydrogen-bond acceptors (Lipinski definition) is 6. The minimum Gasteiger partial charge on any atom is -0.462 e. The van der Waals surface area contributed by atoms with Gasteiger partial charge >= 0.3 is 11.9 Å². The molecule has 0 aromatic rings. The third-order valence-electron chi connectivity index (χ3n) is 11.9. The van der Waals surface area contributed by atoms with Crippen LogP contribution in [0.2, 0.25) is 0 Å². The molecule has 2 heterocycles. The maximum Gasteiger partial charge on any atom is 0.302 e. The van der Waals surface area contributed by atoms with Crippen LogP contribution < -0.4 is 0 Å². The molecule has 5 fully saturated rings. The van der Waals surface area contributed by atoms with E-state index in [9.17, 15) is 9.59 Å². The van der Waals surface area contributed by atoms with Crippen LogP contribution in [0.5, 0.6) is 0 Å². The van der Waals surface area contributed by atoms with Gasteiger partial charge in [-0.2, -0.15) is 0 Å². The Kier molecular flexibility index (Phi) is 6.15. The first-order valence-electron chi connectivity index (χ1n) is 14.8. The molecule has 3 saturated carbocycles. The third kappa shape index (κ3) is 3.86. The summed E-state index contributed by atoms with van der Waals surface area (Å²) in [6.07, 6.45) is 10.3. The van der Waals surface area contributed by atoms with Gasteiger partial charge in [0.2, 0.25) is 0 Å². The SMILES string of the molecule is CC(=O)OC1CC[C@@]2(C)C(=CC[C@H]3[C@@H]4C[C@@H]5O[C@]6(CCC(C)CO6)[C@@H](C)[C@@H]5[C@@]4(C)CC(OC(C)=O)[C@@H]32)C1. The van der Waals surface area contributed by atoms with Gasteiger partial charge in [-0.25, -0.2) is 0 Å². The number of hydrogen-bond donors (Lipinski definition) is 0. The normalized spacial score (nSPS) is 52.4. The predicted octanol–water partition coefficient (Wildman–Crippen LogP) is 5.83. The molecule has 0 aromatic carbocycles. The van der Waals surface area contributed by atoms with E-state index in [0.29, 0.717) is 35.5 Å². The van der Waals surface area contributed by atoms with Gasteiger partial charge < -0.3 is 18.9 Å². The first-order valence-corrected chi connectivity index (χ1v) is 14.8. The number of allylic oxidation sites excluding steroid dienone is 1. The van der Waals surface area contributed by atoms with Crippen molar-refractivity contribution in [3.8, 4) is 0 Å². The highest BCUT2D eigenvalue weighted by Crippen LogP contribution is 2.71. The quantitative estimate of drug-likeness (QED) is 0.341. The van der Waals surface area contributed by atoms with Crippen LogP contribution in [-0.4, -0.2) is 42.6 Å². The number of rotatable bonds is 2. The molecule has 6 nitrogen and oxygen atoms in total. The average molecular weight is 515 g/mol. The molecule has 6 aliphatic rings. The molecule has 4 aliphatic carbocycles. The van der Waals surface area contributed by atoms with Gasteiger partial charge in [0, 0.05) is 38.5 Å². The molecule has 1 spiro atoms. The smallest absolute Gasteiger partial charge is 0.302 e. The summed E-state index contributed by atoms with van der Waals surface area (Å²) in [5, 5.41) is 0. The molecule has 0 N–H and O–H groups in total. The van der Waals surface area contributed by atoms with Crippen LogP contribution in [-0.2, 0) is 28.5 Å². The summed E-state index contributed by atoms with van der Waals surface area (Å²) in [6.45, 7) is 13.3. The van der Waals surface area contributed by atoms with E-state index in [4.69, 9.17) is 18.9 Å². The fraction of sp³-hybridized carbons (Fsp3) is 0.871. The predicted molar refractivity (Wildman–Crippen MR) is 138 cm³/mol. The Bertz CT molecular complexity index is 980. The lowest BCUT2D eigenvalue weighted by Crippen LogP contribution is -2.58. The Balaban J connectivity index is 1.32. The molecule has 0 aromatic heterocycles. The summed E-state index contributed by atoms with van der Waals surface area (Å²) in [7, 11) is 0. The number of ether oxygens (including phenoxy) is 4. The maximum absolute atomic E-state index is 12.4. The van der Waals surface area contributed by atoms with Gasteiger partial charge in [0.05, 0.1) is 12.7 Å². The van der Waals surface area contributed by atoms with Crippen molar-refractivity contribution in [2.24, 2.45) is 46.3 Å². The van der Waals surface area contributed by atoms with E-state index in [1.54, 1.807) is 6.92 Å². The summed E-state index contributed by atoms with van der Waals surface area (Å²) in [5.41, 5.74) is 1.42. The molecule has 2 aliphatic heterocycles. The molecule has 12 atom stereocenters. The molecule has 0 amide bonds. The van der Waals surface area contributed by atoms with E-state index in [2.05, 4.69) is 33.8 Å². The molecular formula is C31H46O6.